The zero-order valence-electron chi connectivity index (χ0n) is 10.4. The largest absolute Gasteiger partial charge is 0.309 e. The molecule has 6 heteroatoms. The highest BCUT2D eigenvalue weighted by atomic mass is 79.9. The summed E-state index contributed by atoms with van der Waals surface area (Å²) in [7, 11) is 1.56. The molecule has 0 aliphatic carbocycles. The molecule has 0 aliphatic heterocycles. The van der Waals surface area contributed by atoms with Gasteiger partial charge in [-0.2, -0.15) is 0 Å². The Morgan fingerprint density at radius 3 is 2.15 bits per heavy atom. The molecule has 1 atom stereocenters. The quantitative estimate of drug-likeness (QED) is 0.823. The monoisotopic (exact) mass is 363 g/mol. The van der Waals surface area contributed by atoms with Crippen molar-refractivity contribution < 1.29 is 13.2 Å². The fourth-order valence-corrected chi connectivity index (χ4v) is 2.93. The second kappa shape index (κ2) is 6.16. The minimum absolute atomic E-state index is 0.247. The summed E-state index contributed by atoms with van der Waals surface area (Å²) in [5, 5.41) is 3.24. The molecule has 1 nitrogen and oxygen atoms in total. The summed E-state index contributed by atoms with van der Waals surface area (Å²) in [4.78, 5) is 0. The topological polar surface area (TPSA) is 12.0 Å². The van der Waals surface area contributed by atoms with Gasteiger partial charge in [0.1, 0.15) is 17.5 Å². The van der Waals surface area contributed by atoms with Crippen molar-refractivity contribution in [3.05, 3.63) is 68.4 Å². The first-order valence-corrected chi connectivity index (χ1v) is 6.87. The number of hydrogen-bond acceptors (Lipinski definition) is 1. The molecule has 1 unspecified atom stereocenters. The molecule has 0 bridgehead atoms. The number of hydrogen-bond donors (Lipinski definition) is 1. The molecular formula is C14H10BrClF3N. The Labute approximate surface area is 127 Å². The molecule has 0 saturated carbocycles. The van der Waals surface area contributed by atoms with Crippen LogP contribution >= 0.6 is 27.5 Å². The van der Waals surface area contributed by atoms with Gasteiger partial charge >= 0.3 is 0 Å². The molecule has 0 fully saturated rings. The highest BCUT2D eigenvalue weighted by Gasteiger charge is 2.22. The van der Waals surface area contributed by atoms with Gasteiger partial charge in [0.25, 0.3) is 0 Å². The maximum absolute atomic E-state index is 13.9. The standard InChI is InChI=1S/C14H10BrClF3N/c1-20-14(7-2-8(15)4-9(16)3-7)13-11(18)5-10(17)6-12(13)19/h2-6,14,20H,1H3. The predicted octanol–water partition coefficient (Wildman–Crippen LogP) is 4.83. The Morgan fingerprint density at radius 1 is 1.05 bits per heavy atom. The maximum Gasteiger partial charge on any atom is 0.134 e. The number of halogens is 5. The van der Waals surface area contributed by atoms with E-state index in [1.54, 1.807) is 25.2 Å². The Bertz CT molecular complexity index is 605. The van der Waals surface area contributed by atoms with Gasteiger partial charge in [0.2, 0.25) is 0 Å². The zero-order valence-corrected chi connectivity index (χ0v) is 12.7. The smallest absolute Gasteiger partial charge is 0.134 e. The zero-order chi connectivity index (χ0) is 14.9. The van der Waals surface area contributed by atoms with Gasteiger partial charge in [-0.1, -0.05) is 27.5 Å². The molecule has 0 saturated heterocycles. The minimum atomic E-state index is -0.953. The van der Waals surface area contributed by atoms with Crippen LogP contribution in [0.4, 0.5) is 13.2 Å². The van der Waals surface area contributed by atoms with Crippen LogP contribution in [0.2, 0.25) is 5.02 Å². The normalized spacial score (nSPS) is 12.5. The summed E-state index contributed by atoms with van der Waals surface area (Å²) in [5.41, 5.74) is 0.319. The van der Waals surface area contributed by atoms with Crippen molar-refractivity contribution in [2.75, 3.05) is 7.05 Å². The Balaban J connectivity index is 2.58. The van der Waals surface area contributed by atoms with Crippen LogP contribution in [0, 0.1) is 17.5 Å². The lowest BCUT2D eigenvalue weighted by atomic mass is 9.97. The van der Waals surface area contributed by atoms with Crippen LogP contribution in [0.25, 0.3) is 0 Å². The molecule has 0 radical (unpaired) electrons. The maximum atomic E-state index is 13.9. The lowest BCUT2D eigenvalue weighted by Gasteiger charge is -2.19. The average Bonchev–Trinajstić information content (AvgIpc) is 2.32. The van der Waals surface area contributed by atoms with Crippen LogP contribution in [0.5, 0.6) is 0 Å². The van der Waals surface area contributed by atoms with E-state index in [4.69, 9.17) is 11.6 Å². The van der Waals surface area contributed by atoms with Gasteiger partial charge in [0.05, 0.1) is 6.04 Å². The fraction of sp³-hybridized carbons (Fsp3) is 0.143. The molecule has 20 heavy (non-hydrogen) atoms. The van der Waals surface area contributed by atoms with E-state index in [1.807, 2.05) is 0 Å². The molecule has 2 rings (SSSR count). The van der Waals surface area contributed by atoms with Crippen molar-refractivity contribution in [2.45, 2.75) is 6.04 Å². The van der Waals surface area contributed by atoms with Crippen molar-refractivity contribution in [3.8, 4) is 0 Å². The van der Waals surface area contributed by atoms with Crippen molar-refractivity contribution in [3.63, 3.8) is 0 Å². The molecule has 2 aromatic carbocycles. The van der Waals surface area contributed by atoms with Gasteiger partial charge in [-0.15, -0.1) is 0 Å². The number of benzene rings is 2. The Kier molecular flexibility index (Phi) is 4.73. The molecule has 2 aromatic rings. The predicted molar refractivity (Wildman–Crippen MR) is 76.4 cm³/mol. The summed E-state index contributed by atoms with van der Waals surface area (Å²) in [6.45, 7) is 0. The van der Waals surface area contributed by atoms with E-state index in [-0.39, 0.29) is 5.56 Å². The number of rotatable bonds is 3. The Morgan fingerprint density at radius 2 is 1.65 bits per heavy atom. The van der Waals surface area contributed by atoms with Crippen molar-refractivity contribution in [1.29, 1.82) is 0 Å². The van der Waals surface area contributed by atoms with E-state index >= 15 is 0 Å². The van der Waals surface area contributed by atoms with E-state index in [0.717, 1.165) is 0 Å². The molecule has 1 N–H and O–H groups in total. The van der Waals surface area contributed by atoms with E-state index in [1.165, 1.54) is 0 Å². The first kappa shape index (κ1) is 15.4. The van der Waals surface area contributed by atoms with Crippen LogP contribution in [0.15, 0.2) is 34.8 Å². The molecular weight excluding hydrogens is 355 g/mol. The first-order valence-electron chi connectivity index (χ1n) is 5.70. The highest BCUT2D eigenvalue weighted by molar-refractivity contribution is 9.10. The van der Waals surface area contributed by atoms with Gasteiger partial charge in [0, 0.05) is 27.2 Å². The fourth-order valence-electron chi connectivity index (χ4n) is 2.05. The van der Waals surface area contributed by atoms with E-state index in [0.29, 0.717) is 27.2 Å². The van der Waals surface area contributed by atoms with Gasteiger partial charge in [-0.3, -0.25) is 0 Å². The Hall–Kier alpha value is -1.04. The summed E-state index contributed by atoms with van der Waals surface area (Å²) >= 11 is 9.21. The molecule has 106 valence electrons. The summed E-state index contributed by atoms with van der Waals surface area (Å²) in [6.07, 6.45) is 0. The third-order valence-electron chi connectivity index (χ3n) is 2.84. The summed E-state index contributed by atoms with van der Waals surface area (Å²) < 4.78 is 41.4. The molecule has 0 amide bonds. The third-order valence-corrected chi connectivity index (χ3v) is 3.52. The van der Waals surface area contributed by atoms with Crippen molar-refractivity contribution in [2.24, 2.45) is 0 Å². The van der Waals surface area contributed by atoms with E-state index < -0.39 is 23.5 Å². The number of nitrogens with one attached hydrogen (secondary N) is 1. The average molecular weight is 365 g/mol. The van der Waals surface area contributed by atoms with Crippen molar-refractivity contribution >= 4 is 27.5 Å². The molecule has 0 aliphatic rings. The lowest BCUT2D eigenvalue weighted by molar-refractivity contribution is 0.500. The highest BCUT2D eigenvalue weighted by Crippen LogP contribution is 2.31. The molecule has 0 heterocycles. The van der Waals surface area contributed by atoms with Gasteiger partial charge < -0.3 is 5.32 Å². The van der Waals surface area contributed by atoms with Crippen LogP contribution in [0.3, 0.4) is 0 Å². The third kappa shape index (κ3) is 3.16. The van der Waals surface area contributed by atoms with Gasteiger partial charge in [0.15, 0.2) is 0 Å². The molecule has 0 aromatic heterocycles. The lowest BCUT2D eigenvalue weighted by Crippen LogP contribution is -2.20. The van der Waals surface area contributed by atoms with Crippen LogP contribution in [-0.2, 0) is 0 Å². The summed E-state index contributed by atoms with van der Waals surface area (Å²) in [6, 6.07) is 5.48. The molecule has 0 spiro atoms. The van der Waals surface area contributed by atoms with Gasteiger partial charge in [-0.05, 0) is 30.8 Å². The van der Waals surface area contributed by atoms with Crippen molar-refractivity contribution in [1.82, 2.24) is 5.32 Å². The SMILES string of the molecule is CNC(c1cc(Cl)cc(Br)c1)c1c(F)cc(F)cc1F. The van der Waals surface area contributed by atoms with Crippen LogP contribution < -0.4 is 5.32 Å². The van der Waals surface area contributed by atoms with Gasteiger partial charge in [-0.25, -0.2) is 13.2 Å². The second-order valence-electron chi connectivity index (χ2n) is 4.21. The minimum Gasteiger partial charge on any atom is -0.309 e. The first-order chi connectivity index (χ1) is 9.42. The van der Waals surface area contributed by atoms with Crippen LogP contribution in [-0.4, -0.2) is 7.05 Å². The van der Waals surface area contributed by atoms with E-state index in [2.05, 4.69) is 21.2 Å². The second-order valence-corrected chi connectivity index (χ2v) is 5.56. The van der Waals surface area contributed by atoms with E-state index in [9.17, 15) is 13.2 Å². The summed E-state index contributed by atoms with van der Waals surface area (Å²) in [5.74, 6) is -2.85. The van der Waals surface area contributed by atoms with Crippen LogP contribution in [0.1, 0.15) is 17.2 Å².